The molecule has 1 aliphatic heterocycles. The van der Waals surface area contributed by atoms with Crippen molar-refractivity contribution in [2.45, 2.75) is 25.6 Å². The number of rotatable bonds is 5. The summed E-state index contributed by atoms with van der Waals surface area (Å²) in [6, 6.07) is 13.6. The fraction of sp³-hybridized carbons (Fsp3) is 0.273. The lowest BCUT2D eigenvalue weighted by Crippen LogP contribution is -2.43. The third-order valence-electron chi connectivity index (χ3n) is 4.80. The average Bonchev–Trinajstić information content (AvgIpc) is 2.79. The van der Waals surface area contributed by atoms with Gasteiger partial charge in [0, 0.05) is 43.4 Å². The molecule has 1 atom stereocenters. The molecule has 3 heterocycles. The molecule has 1 amide bonds. The first-order valence-electron chi connectivity index (χ1n) is 9.47. The van der Waals surface area contributed by atoms with Crippen LogP contribution in [0.25, 0.3) is 11.4 Å². The normalized spacial score (nSPS) is 16.7. The van der Waals surface area contributed by atoms with E-state index in [-0.39, 0.29) is 12.0 Å². The van der Waals surface area contributed by atoms with Crippen LogP contribution in [-0.4, -0.2) is 45.0 Å². The summed E-state index contributed by atoms with van der Waals surface area (Å²) in [4.78, 5) is 27.5. The van der Waals surface area contributed by atoms with E-state index in [2.05, 4.69) is 15.0 Å². The number of amides is 1. The monoisotopic (exact) mass is 374 g/mol. The Hall–Kier alpha value is -3.12. The van der Waals surface area contributed by atoms with Crippen LogP contribution in [-0.2, 0) is 11.3 Å². The number of pyridine rings is 1. The smallest absolute Gasteiger partial charge is 0.257 e. The maximum absolute atomic E-state index is 12.8. The van der Waals surface area contributed by atoms with Crippen LogP contribution in [0.1, 0.15) is 28.8 Å². The Bertz CT molecular complexity index is 901. The lowest BCUT2D eigenvalue weighted by molar-refractivity contribution is -0.00683. The summed E-state index contributed by atoms with van der Waals surface area (Å²) in [5.41, 5.74) is 2.48. The minimum absolute atomic E-state index is 0.0300. The Morgan fingerprint density at radius 2 is 1.89 bits per heavy atom. The minimum atomic E-state index is -0.0470. The summed E-state index contributed by atoms with van der Waals surface area (Å²) in [5, 5.41) is 0. The maximum atomic E-state index is 12.8. The van der Waals surface area contributed by atoms with Gasteiger partial charge in [0.1, 0.15) is 0 Å². The fourth-order valence-corrected chi connectivity index (χ4v) is 3.31. The summed E-state index contributed by atoms with van der Waals surface area (Å²) in [6.07, 6.45) is 8.67. The SMILES string of the molecule is O=C(c1cnc(-c2ccccc2)nc1)N1CCCC(OCc2cccnc2)C1. The van der Waals surface area contributed by atoms with Crippen LogP contribution in [0, 0.1) is 0 Å². The first-order chi connectivity index (χ1) is 13.8. The van der Waals surface area contributed by atoms with E-state index >= 15 is 0 Å². The van der Waals surface area contributed by atoms with Gasteiger partial charge in [0.15, 0.2) is 5.82 Å². The van der Waals surface area contributed by atoms with Gasteiger partial charge in [-0.2, -0.15) is 0 Å². The van der Waals surface area contributed by atoms with E-state index in [9.17, 15) is 4.79 Å². The molecule has 2 aromatic heterocycles. The topological polar surface area (TPSA) is 68.2 Å². The second-order valence-electron chi connectivity index (χ2n) is 6.85. The van der Waals surface area contributed by atoms with Crippen LogP contribution in [0.5, 0.6) is 0 Å². The van der Waals surface area contributed by atoms with Gasteiger partial charge < -0.3 is 9.64 Å². The van der Waals surface area contributed by atoms with E-state index in [1.54, 1.807) is 24.8 Å². The van der Waals surface area contributed by atoms with Crippen LogP contribution in [0.4, 0.5) is 0 Å². The highest BCUT2D eigenvalue weighted by molar-refractivity contribution is 5.93. The highest BCUT2D eigenvalue weighted by Gasteiger charge is 2.25. The van der Waals surface area contributed by atoms with Gasteiger partial charge in [0.25, 0.3) is 5.91 Å². The van der Waals surface area contributed by atoms with E-state index < -0.39 is 0 Å². The van der Waals surface area contributed by atoms with Crippen molar-refractivity contribution in [1.82, 2.24) is 19.9 Å². The van der Waals surface area contributed by atoms with E-state index in [1.165, 1.54) is 0 Å². The number of hydrogen-bond donors (Lipinski definition) is 0. The van der Waals surface area contributed by atoms with E-state index in [1.807, 2.05) is 47.4 Å². The molecule has 0 spiro atoms. The van der Waals surface area contributed by atoms with Gasteiger partial charge in [0.2, 0.25) is 0 Å². The Morgan fingerprint density at radius 1 is 1.07 bits per heavy atom. The van der Waals surface area contributed by atoms with Crippen molar-refractivity contribution in [3.05, 3.63) is 78.4 Å². The van der Waals surface area contributed by atoms with Crippen molar-refractivity contribution < 1.29 is 9.53 Å². The lowest BCUT2D eigenvalue weighted by atomic mass is 10.1. The van der Waals surface area contributed by atoms with Gasteiger partial charge in [-0.1, -0.05) is 36.4 Å². The van der Waals surface area contributed by atoms with Crippen molar-refractivity contribution in [3.63, 3.8) is 0 Å². The van der Waals surface area contributed by atoms with E-state index in [0.29, 0.717) is 24.5 Å². The molecule has 4 rings (SSSR count). The van der Waals surface area contributed by atoms with Crippen LogP contribution in [0.3, 0.4) is 0 Å². The number of benzene rings is 1. The number of ether oxygens (including phenoxy) is 1. The number of carbonyl (C=O) groups excluding carboxylic acids is 1. The third-order valence-corrected chi connectivity index (χ3v) is 4.80. The minimum Gasteiger partial charge on any atom is -0.372 e. The molecule has 1 aromatic carbocycles. The van der Waals surface area contributed by atoms with Crippen LogP contribution >= 0.6 is 0 Å². The molecular formula is C22H22N4O2. The maximum Gasteiger partial charge on any atom is 0.257 e. The molecule has 28 heavy (non-hydrogen) atoms. The molecule has 6 heteroatoms. The number of aromatic nitrogens is 3. The molecule has 0 aliphatic carbocycles. The Balaban J connectivity index is 1.37. The standard InChI is InChI=1S/C22H22N4O2/c27-22(19-13-24-21(25-14-19)18-7-2-1-3-8-18)26-11-5-9-20(15-26)28-16-17-6-4-10-23-12-17/h1-4,6-8,10,12-14,20H,5,9,11,15-16H2. The summed E-state index contributed by atoms with van der Waals surface area (Å²) in [7, 11) is 0. The summed E-state index contributed by atoms with van der Waals surface area (Å²) in [6.45, 7) is 1.82. The highest BCUT2D eigenvalue weighted by Crippen LogP contribution is 2.18. The fourth-order valence-electron chi connectivity index (χ4n) is 3.31. The molecule has 0 radical (unpaired) electrons. The van der Waals surface area contributed by atoms with Gasteiger partial charge >= 0.3 is 0 Å². The van der Waals surface area contributed by atoms with Crippen LogP contribution in [0.15, 0.2) is 67.3 Å². The van der Waals surface area contributed by atoms with Gasteiger partial charge in [-0.3, -0.25) is 9.78 Å². The largest absolute Gasteiger partial charge is 0.372 e. The predicted octanol–water partition coefficient (Wildman–Crippen LogP) is 3.36. The molecule has 6 nitrogen and oxygen atoms in total. The molecule has 1 fully saturated rings. The molecule has 1 unspecified atom stereocenters. The van der Waals surface area contributed by atoms with Gasteiger partial charge in [0.05, 0.1) is 18.3 Å². The lowest BCUT2D eigenvalue weighted by Gasteiger charge is -2.32. The molecule has 1 saturated heterocycles. The van der Waals surface area contributed by atoms with Crippen LogP contribution in [0.2, 0.25) is 0 Å². The Morgan fingerprint density at radius 3 is 2.64 bits per heavy atom. The van der Waals surface area contributed by atoms with Gasteiger partial charge in [-0.05, 0) is 24.5 Å². The van der Waals surface area contributed by atoms with Crippen molar-refractivity contribution in [3.8, 4) is 11.4 Å². The first kappa shape index (κ1) is 18.3. The highest BCUT2D eigenvalue weighted by atomic mass is 16.5. The van der Waals surface area contributed by atoms with Crippen molar-refractivity contribution >= 4 is 5.91 Å². The first-order valence-corrected chi connectivity index (χ1v) is 9.47. The molecule has 0 bridgehead atoms. The Labute approximate surface area is 164 Å². The number of nitrogens with zero attached hydrogens (tertiary/aromatic N) is 4. The van der Waals surface area contributed by atoms with Gasteiger partial charge in [-0.15, -0.1) is 0 Å². The zero-order valence-corrected chi connectivity index (χ0v) is 15.6. The van der Waals surface area contributed by atoms with Gasteiger partial charge in [-0.25, -0.2) is 9.97 Å². The summed E-state index contributed by atoms with van der Waals surface area (Å²) in [5.74, 6) is 0.572. The average molecular weight is 374 g/mol. The van der Waals surface area contributed by atoms with E-state index in [4.69, 9.17) is 4.74 Å². The van der Waals surface area contributed by atoms with Crippen LogP contribution < -0.4 is 0 Å². The Kier molecular flexibility index (Phi) is 5.68. The zero-order valence-electron chi connectivity index (χ0n) is 15.6. The number of carbonyl (C=O) groups is 1. The van der Waals surface area contributed by atoms with E-state index in [0.717, 1.165) is 30.5 Å². The van der Waals surface area contributed by atoms with Crippen molar-refractivity contribution in [1.29, 1.82) is 0 Å². The molecule has 142 valence electrons. The zero-order chi connectivity index (χ0) is 19.2. The molecule has 3 aromatic rings. The second-order valence-corrected chi connectivity index (χ2v) is 6.85. The molecular weight excluding hydrogens is 352 g/mol. The number of likely N-dealkylation sites (tertiary alicyclic amines) is 1. The number of piperidine rings is 1. The second kappa shape index (κ2) is 8.71. The summed E-state index contributed by atoms with van der Waals surface area (Å²) >= 11 is 0. The quantitative estimate of drug-likeness (QED) is 0.685. The van der Waals surface area contributed by atoms with Crippen molar-refractivity contribution in [2.24, 2.45) is 0 Å². The molecule has 0 N–H and O–H groups in total. The summed E-state index contributed by atoms with van der Waals surface area (Å²) < 4.78 is 6.00. The third kappa shape index (κ3) is 4.40. The molecule has 0 saturated carbocycles. The predicted molar refractivity (Wildman–Crippen MR) is 105 cm³/mol. The van der Waals surface area contributed by atoms with Crippen molar-refractivity contribution in [2.75, 3.05) is 13.1 Å². The number of hydrogen-bond acceptors (Lipinski definition) is 5. The molecule has 1 aliphatic rings.